The van der Waals surface area contributed by atoms with Crippen LogP contribution < -0.4 is 0 Å². The van der Waals surface area contributed by atoms with Crippen molar-refractivity contribution >= 4 is 11.6 Å². The number of alkyl halides is 1. The van der Waals surface area contributed by atoms with Gasteiger partial charge >= 0.3 is 0 Å². The average Bonchev–Trinajstić information content (AvgIpc) is 2.51. The monoisotopic (exact) mass is 130 g/mol. The number of halogens is 1. The quantitative estimate of drug-likeness (QED) is 0.407. The molecule has 1 rings (SSSR count). The van der Waals surface area contributed by atoms with Gasteiger partial charge in [-0.2, -0.15) is 0 Å². The molecule has 8 heavy (non-hydrogen) atoms. The SMILES string of the molecule is ClCC/C=C/C1CC1. The molecule has 0 aromatic rings. The largest absolute Gasteiger partial charge is 0.126 e. The van der Waals surface area contributed by atoms with Crippen LogP contribution in [-0.2, 0) is 0 Å². The summed E-state index contributed by atoms with van der Waals surface area (Å²) < 4.78 is 0. The molecule has 0 radical (unpaired) electrons. The van der Waals surface area contributed by atoms with E-state index in [1.54, 1.807) is 0 Å². The first-order chi connectivity index (χ1) is 3.93. The number of allylic oxidation sites excluding steroid dienone is 2. The normalized spacial score (nSPS) is 20.1. The maximum absolute atomic E-state index is 5.45. The zero-order valence-electron chi connectivity index (χ0n) is 4.94. The lowest BCUT2D eigenvalue weighted by Crippen LogP contribution is -1.67. The Morgan fingerprint density at radius 1 is 1.50 bits per heavy atom. The van der Waals surface area contributed by atoms with E-state index < -0.39 is 0 Å². The zero-order chi connectivity index (χ0) is 5.82. The van der Waals surface area contributed by atoms with Gasteiger partial charge in [0.15, 0.2) is 0 Å². The van der Waals surface area contributed by atoms with Gasteiger partial charge in [-0.25, -0.2) is 0 Å². The first kappa shape index (κ1) is 6.15. The Bertz CT molecular complexity index is 82.4. The van der Waals surface area contributed by atoms with Crippen LogP contribution in [0.25, 0.3) is 0 Å². The van der Waals surface area contributed by atoms with Crippen LogP contribution in [0.4, 0.5) is 0 Å². The molecule has 0 aromatic carbocycles. The smallest absolute Gasteiger partial charge is 0.0258 e. The summed E-state index contributed by atoms with van der Waals surface area (Å²) in [7, 11) is 0. The molecule has 0 heterocycles. The van der Waals surface area contributed by atoms with Crippen LogP contribution in [0.2, 0.25) is 0 Å². The van der Waals surface area contributed by atoms with E-state index in [1.165, 1.54) is 12.8 Å². The van der Waals surface area contributed by atoms with Gasteiger partial charge in [0.25, 0.3) is 0 Å². The predicted molar refractivity (Wildman–Crippen MR) is 37.2 cm³/mol. The number of rotatable bonds is 3. The molecule has 0 aromatic heterocycles. The van der Waals surface area contributed by atoms with Gasteiger partial charge in [0.1, 0.15) is 0 Å². The third-order valence-corrected chi connectivity index (χ3v) is 1.52. The summed E-state index contributed by atoms with van der Waals surface area (Å²) in [6.07, 6.45) is 8.31. The molecular formula is C7H11Cl. The van der Waals surface area contributed by atoms with Gasteiger partial charge in [-0.1, -0.05) is 12.2 Å². The van der Waals surface area contributed by atoms with E-state index in [1.807, 2.05) is 0 Å². The van der Waals surface area contributed by atoms with Gasteiger partial charge in [-0.05, 0) is 25.2 Å². The summed E-state index contributed by atoms with van der Waals surface area (Å²) >= 11 is 5.45. The van der Waals surface area contributed by atoms with Crippen LogP contribution in [0.5, 0.6) is 0 Å². The Kier molecular flexibility index (Phi) is 2.41. The van der Waals surface area contributed by atoms with Gasteiger partial charge in [-0.3, -0.25) is 0 Å². The Morgan fingerprint density at radius 2 is 2.25 bits per heavy atom. The topological polar surface area (TPSA) is 0 Å². The lowest BCUT2D eigenvalue weighted by Gasteiger charge is -1.79. The van der Waals surface area contributed by atoms with Crippen molar-refractivity contribution in [1.29, 1.82) is 0 Å². The molecule has 1 aliphatic rings. The Labute approximate surface area is 55.5 Å². The highest BCUT2D eigenvalue weighted by Crippen LogP contribution is 2.30. The molecule has 0 unspecified atom stereocenters. The van der Waals surface area contributed by atoms with E-state index >= 15 is 0 Å². The van der Waals surface area contributed by atoms with Crippen molar-refractivity contribution in [1.82, 2.24) is 0 Å². The average molecular weight is 131 g/mol. The molecule has 46 valence electrons. The predicted octanol–water partition coefficient (Wildman–Crippen LogP) is 2.58. The molecule has 0 amide bonds. The molecule has 0 N–H and O–H groups in total. The fraction of sp³-hybridized carbons (Fsp3) is 0.714. The lowest BCUT2D eigenvalue weighted by atomic mass is 10.3. The lowest BCUT2D eigenvalue weighted by molar-refractivity contribution is 1.09. The van der Waals surface area contributed by atoms with Crippen LogP contribution in [0.1, 0.15) is 19.3 Å². The summed E-state index contributed by atoms with van der Waals surface area (Å²) in [5, 5.41) is 0. The van der Waals surface area contributed by atoms with Crippen LogP contribution in [-0.4, -0.2) is 5.88 Å². The highest BCUT2D eigenvalue weighted by molar-refractivity contribution is 6.17. The second kappa shape index (κ2) is 3.13. The number of hydrogen-bond acceptors (Lipinski definition) is 0. The second-order valence-corrected chi connectivity index (χ2v) is 2.62. The summed E-state index contributed by atoms with van der Waals surface area (Å²) in [6.45, 7) is 0. The minimum atomic E-state index is 0.767. The van der Waals surface area contributed by atoms with Gasteiger partial charge in [0.05, 0.1) is 0 Å². The van der Waals surface area contributed by atoms with Crippen LogP contribution >= 0.6 is 11.6 Å². The van der Waals surface area contributed by atoms with E-state index in [0.29, 0.717) is 0 Å². The van der Waals surface area contributed by atoms with Crippen molar-refractivity contribution in [3.05, 3.63) is 12.2 Å². The molecule has 1 heteroatoms. The summed E-state index contributed by atoms with van der Waals surface area (Å²) in [5.41, 5.74) is 0. The van der Waals surface area contributed by atoms with Crippen molar-refractivity contribution in [2.24, 2.45) is 5.92 Å². The molecule has 1 fully saturated rings. The fourth-order valence-corrected chi connectivity index (χ4v) is 0.766. The minimum Gasteiger partial charge on any atom is -0.126 e. The molecule has 0 saturated heterocycles. The molecular weight excluding hydrogens is 120 g/mol. The number of hydrogen-bond donors (Lipinski definition) is 0. The van der Waals surface area contributed by atoms with Crippen molar-refractivity contribution in [3.8, 4) is 0 Å². The van der Waals surface area contributed by atoms with Crippen LogP contribution in [0, 0.1) is 5.92 Å². The molecule has 1 aliphatic carbocycles. The zero-order valence-corrected chi connectivity index (χ0v) is 5.69. The van der Waals surface area contributed by atoms with E-state index in [9.17, 15) is 0 Å². The standard InChI is InChI=1S/C7H11Cl/c8-6-2-1-3-7-4-5-7/h1,3,7H,2,4-6H2/b3-1+. The first-order valence-electron chi connectivity index (χ1n) is 3.16. The van der Waals surface area contributed by atoms with Crippen LogP contribution in [0.15, 0.2) is 12.2 Å². The van der Waals surface area contributed by atoms with Crippen molar-refractivity contribution in [2.45, 2.75) is 19.3 Å². The Hall–Kier alpha value is 0.0300. The highest BCUT2D eigenvalue weighted by atomic mass is 35.5. The highest BCUT2D eigenvalue weighted by Gasteiger charge is 2.16. The first-order valence-corrected chi connectivity index (χ1v) is 3.69. The molecule has 0 nitrogen and oxygen atoms in total. The Balaban J connectivity index is 1.96. The van der Waals surface area contributed by atoms with Crippen molar-refractivity contribution in [3.63, 3.8) is 0 Å². The van der Waals surface area contributed by atoms with E-state index in [-0.39, 0.29) is 0 Å². The molecule has 0 atom stereocenters. The van der Waals surface area contributed by atoms with Gasteiger partial charge in [-0.15, -0.1) is 11.6 Å². The van der Waals surface area contributed by atoms with Gasteiger partial charge in [0, 0.05) is 5.88 Å². The van der Waals surface area contributed by atoms with E-state index in [4.69, 9.17) is 11.6 Å². The third kappa shape index (κ3) is 2.37. The summed E-state index contributed by atoms with van der Waals surface area (Å²) in [6, 6.07) is 0. The third-order valence-electron chi connectivity index (χ3n) is 1.31. The maximum atomic E-state index is 5.45. The Morgan fingerprint density at radius 3 is 2.75 bits per heavy atom. The molecule has 0 spiro atoms. The minimum absolute atomic E-state index is 0.767. The molecule has 1 saturated carbocycles. The van der Waals surface area contributed by atoms with E-state index in [0.717, 1.165) is 18.2 Å². The maximum Gasteiger partial charge on any atom is 0.0258 e. The van der Waals surface area contributed by atoms with Crippen molar-refractivity contribution < 1.29 is 0 Å². The van der Waals surface area contributed by atoms with Crippen LogP contribution in [0.3, 0.4) is 0 Å². The van der Waals surface area contributed by atoms with Gasteiger partial charge in [0.2, 0.25) is 0 Å². The molecule has 0 bridgehead atoms. The molecule has 0 aliphatic heterocycles. The summed E-state index contributed by atoms with van der Waals surface area (Å²) in [4.78, 5) is 0. The van der Waals surface area contributed by atoms with Crippen molar-refractivity contribution in [2.75, 3.05) is 5.88 Å². The van der Waals surface area contributed by atoms with E-state index in [2.05, 4.69) is 12.2 Å². The van der Waals surface area contributed by atoms with Gasteiger partial charge < -0.3 is 0 Å². The summed E-state index contributed by atoms with van der Waals surface area (Å²) in [5.74, 6) is 1.68. The second-order valence-electron chi connectivity index (χ2n) is 2.24. The fourth-order valence-electron chi connectivity index (χ4n) is 0.640.